The first-order valence-corrected chi connectivity index (χ1v) is 9.21. The van der Waals surface area contributed by atoms with Crippen molar-refractivity contribution < 1.29 is 4.79 Å². The smallest absolute Gasteiger partial charge is 0.237 e. The van der Waals surface area contributed by atoms with Gasteiger partial charge in [-0.3, -0.25) is 4.79 Å². The highest BCUT2D eigenvalue weighted by atomic mass is 16.2. The maximum atomic E-state index is 12.1. The van der Waals surface area contributed by atoms with E-state index >= 15 is 0 Å². The van der Waals surface area contributed by atoms with Crippen LogP contribution in [0.15, 0.2) is 48.5 Å². The van der Waals surface area contributed by atoms with Gasteiger partial charge in [0.05, 0.1) is 6.04 Å². The second-order valence-electron chi connectivity index (χ2n) is 6.98. The molecule has 0 radical (unpaired) electrons. The first-order chi connectivity index (χ1) is 12.3. The zero-order chi connectivity index (χ0) is 17.1. The lowest BCUT2D eigenvalue weighted by Crippen LogP contribution is -2.39. The highest BCUT2D eigenvalue weighted by Gasteiger charge is 2.21. The molecule has 2 aromatic carbocycles. The van der Waals surface area contributed by atoms with E-state index in [0.717, 1.165) is 44.5 Å². The number of carbonyl (C=O) groups is 1. The molecule has 0 bridgehead atoms. The van der Waals surface area contributed by atoms with Crippen LogP contribution < -0.4 is 15.5 Å². The molecule has 25 heavy (non-hydrogen) atoms. The Bertz CT molecular complexity index is 735. The lowest BCUT2D eigenvalue weighted by molar-refractivity contribution is -0.122. The Hall–Kier alpha value is -2.33. The van der Waals surface area contributed by atoms with E-state index < -0.39 is 0 Å². The monoisotopic (exact) mass is 335 g/mol. The van der Waals surface area contributed by atoms with Gasteiger partial charge in [0, 0.05) is 25.3 Å². The van der Waals surface area contributed by atoms with Crippen molar-refractivity contribution >= 4 is 11.6 Å². The van der Waals surface area contributed by atoms with Crippen molar-refractivity contribution in [2.75, 3.05) is 18.0 Å². The minimum Gasteiger partial charge on any atom is -0.367 e. The third kappa shape index (κ3) is 3.69. The largest absolute Gasteiger partial charge is 0.367 e. The maximum Gasteiger partial charge on any atom is 0.237 e. The standard InChI is InChI=1S/C21H25N3O/c25-21(19-5-3-12-22-19)23-14-16-7-9-17(10-8-16)15-24-13-11-18-4-1-2-6-20(18)24/h1-2,4,6-10,19,22H,3,5,11-15H2,(H,23,25). The van der Waals surface area contributed by atoms with Gasteiger partial charge in [0.2, 0.25) is 5.91 Å². The first kappa shape index (κ1) is 16.2. The highest BCUT2D eigenvalue weighted by molar-refractivity contribution is 5.81. The molecule has 4 rings (SSSR count). The van der Waals surface area contributed by atoms with Gasteiger partial charge in [-0.2, -0.15) is 0 Å². The molecule has 1 saturated heterocycles. The number of amides is 1. The maximum absolute atomic E-state index is 12.1. The molecule has 4 heteroatoms. The Morgan fingerprint density at radius 3 is 2.72 bits per heavy atom. The van der Waals surface area contributed by atoms with Crippen molar-refractivity contribution in [2.45, 2.75) is 38.4 Å². The molecule has 1 atom stereocenters. The molecule has 0 aromatic heterocycles. The Balaban J connectivity index is 1.32. The highest BCUT2D eigenvalue weighted by Crippen LogP contribution is 2.28. The number of anilines is 1. The summed E-state index contributed by atoms with van der Waals surface area (Å²) in [6.07, 6.45) is 3.17. The summed E-state index contributed by atoms with van der Waals surface area (Å²) in [7, 11) is 0. The molecule has 4 nitrogen and oxygen atoms in total. The Labute approximate surface area is 149 Å². The average Bonchev–Trinajstić information content (AvgIpc) is 3.32. The van der Waals surface area contributed by atoms with E-state index in [1.54, 1.807) is 0 Å². The summed E-state index contributed by atoms with van der Waals surface area (Å²) < 4.78 is 0. The number of benzene rings is 2. The summed E-state index contributed by atoms with van der Waals surface area (Å²) in [6.45, 7) is 3.58. The predicted octanol–water partition coefficient (Wildman–Crippen LogP) is 2.62. The fourth-order valence-electron chi connectivity index (χ4n) is 3.77. The van der Waals surface area contributed by atoms with E-state index in [-0.39, 0.29) is 11.9 Å². The van der Waals surface area contributed by atoms with Crippen molar-refractivity contribution in [1.82, 2.24) is 10.6 Å². The fourth-order valence-corrected chi connectivity index (χ4v) is 3.77. The topological polar surface area (TPSA) is 44.4 Å². The Kier molecular flexibility index (Phi) is 4.70. The lowest BCUT2D eigenvalue weighted by Gasteiger charge is -2.19. The van der Waals surface area contributed by atoms with Gasteiger partial charge in [-0.15, -0.1) is 0 Å². The fraction of sp³-hybridized carbons (Fsp3) is 0.381. The van der Waals surface area contributed by atoms with Gasteiger partial charge in [0.15, 0.2) is 0 Å². The Morgan fingerprint density at radius 1 is 1.12 bits per heavy atom. The van der Waals surface area contributed by atoms with E-state index in [1.165, 1.54) is 16.8 Å². The third-order valence-corrected chi connectivity index (χ3v) is 5.22. The van der Waals surface area contributed by atoms with Gasteiger partial charge >= 0.3 is 0 Å². The van der Waals surface area contributed by atoms with Crippen LogP contribution >= 0.6 is 0 Å². The summed E-state index contributed by atoms with van der Waals surface area (Å²) in [5.41, 5.74) is 5.27. The zero-order valence-electron chi connectivity index (χ0n) is 14.5. The lowest BCUT2D eigenvalue weighted by atomic mass is 10.1. The second kappa shape index (κ2) is 7.28. The van der Waals surface area contributed by atoms with Crippen LogP contribution in [-0.2, 0) is 24.3 Å². The molecule has 0 aliphatic carbocycles. The molecule has 130 valence electrons. The summed E-state index contributed by atoms with van der Waals surface area (Å²) in [4.78, 5) is 14.5. The number of para-hydroxylation sites is 1. The van der Waals surface area contributed by atoms with E-state index in [9.17, 15) is 4.79 Å². The number of hydrogen-bond donors (Lipinski definition) is 2. The molecule has 0 spiro atoms. The number of fused-ring (bicyclic) bond motifs is 1. The van der Waals surface area contributed by atoms with Crippen molar-refractivity contribution in [2.24, 2.45) is 0 Å². The minimum atomic E-state index is -0.00509. The van der Waals surface area contributed by atoms with E-state index in [1.807, 2.05) is 0 Å². The minimum absolute atomic E-state index is 0.00509. The number of hydrogen-bond acceptors (Lipinski definition) is 3. The van der Waals surface area contributed by atoms with Gasteiger partial charge in [-0.1, -0.05) is 42.5 Å². The van der Waals surface area contributed by atoms with Crippen molar-refractivity contribution in [3.05, 3.63) is 65.2 Å². The normalized spacial score (nSPS) is 19.0. The zero-order valence-corrected chi connectivity index (χ0v) is 14.5. The molecule has 1 unspecified atom stereocenters. The summed E-state index contributed by atoms with van der Waals surface area (Å²) in [5.74, 6) is 0.121. The molecule has 0 saturated carbocycles. The van der Waals surface area contributed by atoms with Crippen LogP contribution in [-0.4, -0.2) is 25.0 Å². The van der Waals surface area contributed by atoms with Gasteiger partial charge in [-0.25, -0.2) is 0 Å². The van der Waals surface area contributed by atoms with Crippen LogP contribution in [0.4, 0.5) is 5.69 Å². The summed E-state index contributed by atoms with van der Waals surface area (Å²) in [5, 5.41) is 6.27. The van der Waals surface area contributed by atoms with Crippen LogP contribution in [0.3, 0.4) is 0 Å². The average molecular weight is 335 g/mol. The number of rotatable bonds is 5. The molecule has 2 N–H and O–H groups in total. The second-order valence-corrected chi connectivity index (χ2v) is 6.98. The van der Waals surface area contributed by atoms with Crippen LogP contribution in [0.5, 0.6) is 0 Å². The van der Waals surface area contributed by atoms with Gasteiger partial charge in [-0.05, 0) is 48.6 Å². The molecular weight excluding hydrogens is 310 g/mol. The summed E-state index contributed by atoms with van der Waals surface area (Å²) >= 11 is 0. The van der Waals surface area contributed by atoms with Gasteiger partial charge < -0.3 is 15.5 Å². The van der Waals surface area contributed by atoms with Gasteiger partial charge in [0.1, 0.15) is 0 Å². The van der Waals surface area contributed by atoms with Crippen LogP contribution in [0.2, 0.25) is 0 Å². The molecule has 2 aliphatic heterocycles. The van der Waals surface area contributed by atoms with E-state index in [0.29, 0.717) is 6.54 Å². The number of carbonyl (C=O) groups excluding carboxylic acids is 1. The van der Waals surface area contributed by atoms with Crippen LogP contribution in [0, 0.1) is 0 Å². The predicted molar refractivity (Wildman–Crippen MR) is 101 cm³/mol. The third-order valence-electron chi connectivity index (χ3n) is 5.22. The van der Waals surface area contributed by atoms with E-state index in [2.05, 4.69) is 64.1 Å². The molecule has 1 amide bonds. The Morgan fingerprint density at radius 2 is 1.92 bits per heavy atom. The first-order valence-electron chi connectivity index (χ1n) is 9.21. The molecule has 2 heterocycles. The van der Waals surface area contributed by atoms with Gasteiger partial charge in [0.25, 0.3) is 0 Å². The molecule has 2 aliphatic rings. The number of nitrogens with zero attached hydrogens (tertiary/aromatic N) is 1. The van der Waals surface area contributed by atoms with Crippen LogP contribution in [0.1, 0.15) is 29.5 Å². The van der Waals surface area contributed by atoms with E-state index in [4.69, 9.17) is 0 Å². The number of nitrogens with one attached hydrogen (secondary N) is 2. The molecular formula is C21H25N3O. The van der Waals surface area contributed by atoms with Crippen molar-refractivity contribution in [3.8, 4) is 0 Å². The molecule has 2 aromatic rings. The van der Waals surface area contributed by atoms with Crippen LogP contribution in [0.25, 0.3) is 0 Å². The quantitative estimate of drug-likeness (QED) is 0.883. The molecule has 1 fully saturated rings. The SMILES string of the molecule is O=C(NCc1ccc(CN2CCc3ccccc32)cc1)C1CCCN1. The van der Waals surface area contributed by atoms with Crippen molar-refractivity contribution in [3.63, 3.8) is 0 Å². The van der Waals surface area contributed by atoms with Crippen molar-refractivity contribution in [1.29, 1.82) is 0 Å². The summed E-state index contributed by atoms with van der Waals surface area (Å²) in [6, 6.07) is 17.3.